The molecule has 0 N–H and O–H groups in total. The van der Waals surface area contributed by atoms with Gasteiger partial charge in [0.2, 0.25) is 0 Å². The molecule has 116 valence electrons. The quantitative estimate of drug-likeness (QED) is 0.800. The molecule has 2 aromatic heterocycles. The summed E-state index contributed by atoms with van der Waals surface area (Å²) in [4.78, 5) is 4.64. The summed E-state index contributed by atoms with van der Waals surface area (Å²) in [5, 5.41) is 9.11. The van der Waals surface area contributed by atoms with Crippen molar-refractivity contribution in [3.05, 3.63) is 40.1 Å². The monoisotopic (exact) mass is 378 g/mol. The third kappa shape index (κ3) is 2.40. The number of pyridine rings is 1. The van der Waals surface area contributed by atoms with Crippen LogP contribution >= 0.6 is 27.7 Å². The average molecular weight is 379 g/mol. The molecule has 0 atom stereocenters. The molecule has 0 saturated heterocycles. The van der Waals surface area contributed by atoms with Gasteiger partial charge in [-0.1, -0.05) is 13.8 Å². The lowest BCUT2D eigenvalue weighted by Gasteiger charge is -2.19. The first kappa shape index (κ1) is 14.7. The van der Waals surface area contributed by atoms with Crippen LogP contribution in [0.4, 0.5) is 0 Å². The first-order valence-corrected chi connectivity index (χ1v) is 9.47. The molecule has 1 aliphatic carbocycles. The van der Waals surface area contributed by atoms with Crippen molar-refractivity contribution in [2.24, 2.45) is 0 Å². The van der Waals surface area contributed by atoms with Gasteiger partial charge in [-0.2, -0.15) is 11.8 Å². The second-order valence-electron chi connectivity index (χ2n) is 6.82. The van der Waals surface area contributed by atoms with Crippen LogP contribution in [0.2, 0.25) is 0 Å². The molecule has 22 heavy (non-hydrogen) atoms. The molecule has 0 radical (unpaired) electrons. The number of hydrogen-bond donors (Lipinski definition) is 0. The third-order valence-electron chi connectivity index (χ3n) is 4.61. The molecule has 0 spiro atoms. The Labute approximate surface area is 143 Å². The Kier molecular flexibility index (Phi) is 3.38. The smallest absolute Gasteiger partial charge is 0.145 e. The lowest BCUT2D eigenvalue weighted by Crippen LogP contribution is -2.20. The first-order valence-electron chi connectivity index (χ1n) is 7.69. The molecule has 4 rings (SSSR count). The van der Waals surface area contributed by atoms with Gasteiger partial charge in [-0.3, -0.25) is 4.98 Å². The molecule has 0 unspecified atom stereocenters. The fraction of sp³-hybridized carbons (Fsp3) is 0.562. The van der Waals surface area contributed by atoms with Crippen LogP contribution in [0, 0.1) is 0 Å². The van der Waals surface area contributed by atoms with E-state index in [9.17, 15) is 0 Å². The lowest BCUT2D eigenvalue weighted by atomic mass is 10.0. The van der Waals surface area contributed by atoms with Crippen LogP contribution in [0.5, 0.6) is 0 Å². The molecule has 2 aliphatic rings. The summed E-state index contributed by atoms with van der Waals surface area (Å²) in [6.45, 7) is 5.60. The highest BCUT2D eigenvalue weighted by atomic mass is 79.9. The van der Waals surface area contributed by atoms with Crippen molar-refractivity contribution >= 4 is 27.7 Å². The Morgan fingerprint density at radius 2 is 2.05 bits per heavy atom. The van der Waals surface area contributed by atoms with E-state index in [0.717, 1.165) is 53.4 Å². The van der Waals surface area contributed by atoms with E-state index in [1.165, 1.54) is 0 Å². The summed E-state index contributed by atoms with van der Waals surface area (Å²) in [7, 11) is 0. The summed E-state index contributed by atoms with van der Waals surface area (Å²) in [6, 6.07) is 4.19. The van der Waals surface area contributed by atoms with Gasteiger partial charge in [-0.15, -0.1) is 10.2 Å². The molecule has 4 nitrogen and oxygen atoms in total. The number of fused-ring (bicyclic) bond motifs is 1. The van der Waals surface area contributed by atoms with Crippen molar-refractivity contribution in [2.75, 3.05) is 5.75 Å². The molecule has 3 heterocycles. The molecule has 0 amide bonds. The van der Waals surface area contributed by atoms with Crippen molar-refractivity contribution in [3.63, 3.8) is 0 Å². The molecule has 1 saturated carbocycles. The van der Waals surface area contributed by atoms with E-state index in [4.69, 9.17) is 0 Å². The largest absolute Gasteiger partial charge is 0.313 e. The molecule has 6 heteroatoms. The van der Waals surface area contributed by atoms with Gasteiger partial charge in [0.25, 0.3) is 0 Å². The summed E-state index contributed by atoms with van der Waals surface area (Å²) in [5.74, 6) is 3.37. The van der Waals surface area contributed by atoms with Crippen LogP contribution in [0.1, 0.15) is 44.0 Å². The molecule has 2 aromatic rings. The molecular weight excluding hydrogens is 360 g/mol. The Hall–Kier alpha value is -0.880. The maximum absolute atomic E-state index is 4.64. The number of halogens is 1. The van der Waals surface area contributed by atoms with Crippen molar-refractivity contribution < 1.29 is 0 Å². The maximum Gasteiger partial charge on any atom is 0.145 e. The number of thioether (sulfide) groups is 1. The zero-order valence-electron chi connectivity index (χ0n) is 12.8. The number of rotatable bonds is 2. The predicted molar refractivity (Wildman–Crippen MR) is 92.2 cm³/mol. The molecule has 1 aliphatic heterocycles. The number of aromatic nitrogens is 4. The Bertz CT molecular complexity index is 703. The highest BCUT2D eigenvalue weighted by Gasteiger charge is 2.51. The zero-order chi connectivity index (χ0) is 15.4. The van der Waals surface area contributed by atoms with E-state index in [-0.39, 0.29) is 10.2 Å². The fourth-order valence-electron chi connectivity index (χ4n) is 3.28. The third-order valence-corrected chi connectivity index (χ3v) is 6.40. The van der Waals surface area contributed by atoms with E-state index in [1.54, 1.807) is 0 Å². The van der Waals surface area contributed by atoms with Gasteiger partial charge in [0.15, 0.2) is 0 Å². The first-order chi connectivity index (χ1) is 10.5. The minimum atomic E-state index is -0.00883. The maximum atomic E-state index is 4.64. The number of nitrogens with zero attached hydrogens (tertiary/aromatic N) is 4. The zero-order valence-corrected chi connectivity index (χ0v) is 15.2. The predicted octanol–water partition coefficient (Wildman–Crippen LogP) is 3.58. The van der Waals surface area contributed by atoms with E-state index >= 15 is 0 Å². The van der Waals surface area contributed by atoms with Gasteiger partial charge in [-0.05, 0) is 40.9 Å². The van der Waals surface area contributed by atoms with Crippen molar-refractivity contribution in [3.8, 4) is 0 Å². The van der Waals surface area contributed by atoms with E-state index in [2.05, 4.69) is 61.7 Å². The van der Waals surface area contributed by atoms with Crippen LogP contribution in [-0.2, 0) is 18.4 Å². The summed E-state index contributed by atoms with van der Waals surface area (Å²) in [5.41, 5.74) is 1.12. The van der Waals surface area contributed by atoms with Gasteiger partial charge < -0.3 is 4.57 Å². The molecule has 0 aromatic carbocycles. The van der Waals surface area contributed by atoms with Gasteiger partial charge in [0.05, 0.1) is 11.1 Å². The minimum absolute atomic E-state index is 0.00883. The molecule has 0 bridgehead atoms. The second-order valence-corrected chi connectivity index (χ2v) is 9.54. The van der Waals surface area contributed by atoms with Crippen LogP contribution in [-0.4, -0.2) is 30.2 Å². The van der Waals surface area contributed by atoms with E-state index in [0.29, 0.717) is 0 Å². The summed E-state index contributed by atoms with van der Waals surface area (Å²) in [6.07, 6.45) is 5.11. The average Bonchev–Trinajstić information content (AvgIpc) is 3.21. The summed E-state index contributed by atoms with van der Waals surface area (Å²) < 4.78 is 3.62. The van der Waals surface area contributed by atoms with Crippen LogP contribution in [0.3, 0.4) is 0 Å². The minimum Gasteiger partial charge on any atom is -0.313 e. The van der Waals surface area contributed by atoms with Gasteiger partial charge >= 0.3 is 0 Å². The Morgan fingerprint density at radius 3 is 2.73 bits per heavy atom. The standard InChI is InChI=1S/C16H19BrN4S/c1-15(2)9-13-19-20-14(21(13)7-8-22-15)16(5-6-16)12-4-3-11(17)10-18-12/h3-4,10H,5-9H2,1-2H3. The topological polar surface area (TPSA) is 43.6 Å². The van der Waals surface area contributed by atoms with E-state index in [1.807, 2.05) is 18.0 Å². The lowest BCUT2D eigenvalue weighted by molar-refractivity contribution is 0.601. The Balaban J connectivity index is 1.75. The molecular formula is C16H19BrN4S. The Morgan fingerprint density at radius 1 is 1.23 bits per heavy atom. The van der Waals surface area contributed by atoms with Gasteiger partial charge in [-0.25, -0.2) is 0 Å². The van der Waals surface area contributed by atoms with Crippen molar-refractivity contribution in [1.29, 1.82) is 0 Å². The van der Waals surface area contributed by atoms with Crippen LogP contribution < -0.4 is 0 Å². The van der Waals surface area contributed by atoms with E-state index < -0.39 is 0 Å². The van der Waals surface area contributed by atoms with Crippen molar-refractivity contribution in [1.82, 2.24) is 19.7 Å². The van der Waals surface area contributed by atoms with Gasteiger partial charge in [0.1, 0.15) is 11.6 Å². The van der Waals surface area contributed by atoms with Gasteiger partial charge in [0, 0.05) is 34.1 Å². The van der Waals surface area contributed by atoms with Crippen LogP contribution in [0.15, 0.2) is 22.8 Å². The highest BCUT2D eigenvalue weighted by molar-refractivity contribution is 9.10. The SMILES string of the molecule is CC1(C)Cc2nnc(C3(c4ccc(Br)cn4)CC3)n2CCS1. The highest BCUT2D eigenvalue weighted by Crippen LogP contribution is 2.52. The normalized spacial score (nSPS) is 22.0. The summed E-state index contributed by atoms with van der Waals surface area (Å²) >= 11 is 5.50. The van der Waals surface area contributed by atoms with Crippen molar-refractivity contribution in [2.45, 2.75) is 49.8 Å². The number of hydrogen-bond acceptors (Lipinski definition) is 4. The second kappa shape index (κ2) is 5.06. The molecule has 1 fully saturated rings. The fourth-order valence-corrected chi connectivity index (χ4v) is 4.57. The van der Waals surface area contributed by atoms with Crippen LogP contribution in [0.25, 0.3) is 0 Å².